The van der Waals surface area contributed by atoms with Gasteiger partial charge in [-0.25, -0.2) is 13.1 Å². The minimum absolute atomic E-state index is 0.0447. The van der Waals surface area contributed by atoms with E-state index in [1.54, 1.807) is 37.4 Å². The highest BCUT2D eigenvalue weighted by atomic mass is 32.2. The van der Waals surface area contributed by atoms with E-state index in [-0.39, 0.29) is 10.9 Å². The van der Waals surface area contributed by atoms with Crippen LogP contribution in [0.4, 0.5) is 0 Å². The summed E-state index contributed by atoms with van der Waals surface area (Å²) >= 11 is 0. The van der Waals surface area contributed by atoms with Gasteiger partial charge in [-0.3, -0.25) is 0 Å². The van der Waals surface area contributed by atoms with Crippen LogP contribution in [0.1, 0.15) is 32.1 Å². The number of para-hydroxylation sites is 2. The average molecular weight is 361 g/mol. The third-order valence-corrected chi connectivity index (χ3v) is 5.89. The monoisotopic (exact) mass is 361 g/mol. The number of nitrogens with one attached hydrogen (secondary N) is 1. The van der Waals surface area contributed by atoms with Gasteiger partial charge in [-0.15, -0.1) is 0 Å². The molecule has 0 atom stereocenters. The molecule has 1 aliphatic carbocycles. The number of ether oxygens (including phenoxy) is 2. The molecule has 0 amide bonds. The molecule has 1 aliphatic rings. The molecular weight excluding hydrogens is 338 g/mol. The van der Waals surface area contributed by atoms with Crippen LogP contribution in [0.2, 0.25) is 0 Å². The van der Waals surface area contributed by atoms with Gasteiger partial charge in [0.15, 0.2) is 11.5 Å². The van der Waals surface area contributed by atoms with E-state index < -0.39 is 10.0 Å². The lowest BCUT2D eigenvalue weighted by atomic mass is 9.96. The van der Waals surface area contributed by atoms with Gasteiger partial charge in [0.2, 0.25) is 10.0 Å². The summed E-state index contributed by atoms with van der Waals surface area (Å²) in [6, 6.07) is 13.8. The maximum atomic E-state index is 12.5. The summed E-state index contributed by atoms with van der Waals surface area (Å²) in [7, 11) is -1.91. The highest BCUT2D eigenvalue weighted by molar-refractivity contribution is 7.89. The van der Waals surface area contributed by atoms with Crippen molar-refractivity contribution in [1.82, 2.24) is 4.72 Å². The van der Waals surface area contributed by atoms with Crippen LogP contribution in [0.3, 0.4) is 0 Å². The Morgan fingerprint density at radius 3 is 2.20 bits per heavy atom. The van der Waals surface area contributed by atoms with Crippen molar-refractivity contribution in [2.75, 3.05) is 7.11 Å². The van der Waals surface area contributed by atoms with Crippen molar-refractivity contribution < 1.29 is 17.9 Å². The highest BCUT2D eigenvalue weighted by Gasteiger charge is 2.21. The third-order valence-electron chi connectivity index (χ3n) is 4.36. The molecule has 0 radical (unpaired) electrons. The normalized spacial score (nSPS) is 15.7. The van der Waals surface area contributed by atoms with E-state index in [0.29, 0.717) is 17.2 Å². The van der Waals surface area contributed by atoms with Crippen LogP contribution in [0.25, 0.3) is 0 Å². The van der Waals surface area contributed by atoms with E-state index >= 15 is 0 Å². The van der Waals surface area contributed by atoms with Crippen LogP contribution in [-0.4, -0.2) is 21.6 Å². The maximum absolute atomic E-state index is 12.5. The molecule has 0 unspecified atom stereocenters. The Bertz CT molecular complexity index is 796. The molecule has 5 nitrogen and oxygen atoms in total. The van der Waals surface area contributed by atoms with Crippen molar-refractivity contribution in [3.05, 3.63) is 48.5 Å². The van der Waals surface area contributed by atoms with Gasteiger partial charge in [0.25, 0.3) is 0 Å². The minimum Gasteiger partial charge on any atom is -0.493 e. The molecule has 25 heavy (non-hydrogen) atoms. The fourth-order valence-corrected chi connectivity index (χ4v) is 4.33. The van der Waals surface area contributed by atoms with Crippen LogP contribution in [0.5, 0.6) is 17.2 Å². The van der Waals surface area contributed by atoms with Crippen LogP contribution in [-0.2, 0) is 10.0 Å². The van der Waals surface area contributed by atoms with Gasteiger partial charge in [-0.1, -0.05) is 31.4 Å². The molecule has 0 bridgehead atoms. The Morgan fingerprint density at radius 2 is 1.56 bits per heavy atom. The molecule has 0 spiro atoms. The second kappa shape index (κ2) is 7.89. The lowest BCUT2D eigenvalue weighted by molar-refractivity contribution is 0.379. The number of hydrogen-bond acceptors (Lipinski definition) is 4. The summed E-state index contributed by atoms with van der Waals surface area (Å²) in [6.45, 7) is 0. The fraction of sp³-hybridized carbons (Fsp3) is 0.368. The average Bonchev–Trinajstić information content (AvgIpc) is 2.63. The lowest BCUT2D eigenvalue weighted by Gasteiger charge is -2.22. The van der Waals surface area contributed by atoms with E-state index in [2.05, 4.69) is 4.72 Å². The Hall–Kier alpha value is -2.05. The Labute approximate surface area is 149 Å². The van der Waals surface area contributed by atoms with Crippen molar-refractivity contribution >= 4 is 10.0 Å². The van der Waals surface area contributed by atoms with Gasteiger partial charge in [0.1, 0.15) is 5.75 Å². The minimum atomic E-state index is -3.49. The molecular formula is C19H23NO4S. The van der Waals surface area contributed by atoms with Crippen molar-refractivity contribution in [3.63, 3.8) is 0 Å². The standard InChI is InChI=1S/C19H23NO4S/c1-23-18-9-5-6-10-19(18)24-16-11-13-17(14-12-16)25(21,22)20-15-7-3-2-4-8-15/h5-6,9-15,20H,2-4,7-8H2,1H3. The summed E-state index contributed by atoms with van der Waals surface area (Å²) < 4.78 is 38.8. The van der Waals surface area contributed by atoms with Gasteiger partial charge >= 0.3 is 0 Å². The first-order chi connectivity index (χ1) is 12.1. The molecule has 6 heteroatoms. The van der Waals surface area contributed by atoms with Gasteiger partial charge in [-0.05, 0) is 49.2 Å². The zero-order chi connectivity index (χ0) is 17.7. The highest BCUT2D eigenvalue weighted by Crippen LogP contribution is 2.31. The Kier molecular flexibility index (Phi) is 5.60. The van der Waals surface area contributed by atoms with E-state index in [4.69, 9.17) is 9.47 Å². The largest absolute Gasteiger partial charge is 0.493 e. The molecule has 134 valence electrons. The molecule has 1 saturated carbocycles. The maximum Gasteiger partial charge on any atom is 0.240 e. The molecule has 3 rings (SSSR count). The van der Waals surface area contributed by atoms with Crippen molar-refractivity contribution in [2.45, 2.75) is 43.0 Å². The Balaban J connectivity index is 1.71. The SMILES string of the molecule is COc1ccccc1Oc1ccc(S(=O)(=O)NC2CCCCC2)cc1. The zero-order valence-corrected chi connectivity index (χ0v) is 15.1. The van der Waals surface area contributed by atoms with E-state index in [0.717, 1.165) is 25.7 Å². The number of hydrogen-bond donors (Lipinski definition) is 1. The number of sulfonamides is 1. The first-order valence-electron chi connectivity index (χ1n) is 8.52. The van der Waals surface area contributed by atoms with Gasteiger partial charge in [0.05, 0.1) is 12.0 Å². The number of methoxy groups -OCH3 is 1. The van der Waals surface area contributed by atoms with Crippen molar-refractivity contribution in [2.24, 2.45) is 0 Å². The van der Waals surface area contributed by atoms with Crippen molar-refractivity contribution in [1.29, 1.82) is 0 Å². The predicted octanol–water partition coefficient (Wildman–Crippen LogP) is 4.10. The molecule has 2 aromatic carbocycles. The van der Waals surface area contributed by atoms with Crippen LogP contribution < -0.4 is 14.2 Å². The summed E-state index contributed by atoms with van der Waals surface area (Å²) in [5, 5.41) is 0. The van der Waals surface area contributed by atoms with Crippen LogP contribution >= 0.6 is 0 Å². The third kappa shape index (κ3) is 4.52. The summed E-state index contributed by atoms with van der Waals surface area (Å²) in [5.74, 6) is 1.76. The van der Waals surface area contributed by atoms with Gasteiger partial charge < -0.3 is 9.47 Å². The molecule has 0 aliphatic heterocycles. The summed E-state index contributed by atoms with van der Waals surface area (Å²) in [4.78, 5) is 0.255. The molecule has 0 saturated heterocycles. The Morgan fingerprint density at radius 1 is 0.920 bits per heavy atom. The fourth-order valence-electron chi connectivity index (χ4n) is 3.02. The van der Waals surface area contributed by atoms with E-state index in [1.165, 1.54) is 6.42 Å². The topological polar surface area (TPSA) is 64.6 Å². The number of benzene rings is 2. The summed E-state index contributed by atoms with van der Waals surface area (Å²) in [5.41, 5.74) is 0. The predicted molar refractivity (Wildman–Crippen MR) is 96.7 cm³/mol. The first-order valence-corrected chi connectivity index (χ1v) is 10.00. The molecule has 0 aromatic heterocycles. The van der Waals surface area contributed by atoms with Crippen LogP contribution in [0.15, 0.2) is 53.4 Å². The first kappa shape index (κ1) is 17.8. The molecule has 0 heterocycles. The number of rotatable bonds is 6. The second-order valence-electron chi connectivity index (χ2n) is 6.18. The summed E-state index contributed by atoms with van der Waals surface area (Å²) in [6.07, 6.45) is 5.17. The van der Waals surface area contributed by atoms with Gasteiger partial charge in [-0.2, -0.15) is 0 Å². The van der Waals surface area contributed by atoms with E-state index in [9.17, 15) is 8.42 Å². The van der Waals surface area contributed by atoms with Gasteiger partial charge in [0, 0.05) is 6.04 Å². The van der Waals surface area contributed by atoms with E-state index in [1.807, 2.05) is 18.2 Å². The molecule has 2 aromatic rings. The molecule has 1 fully saturated rings. The zero-order valence-electron chi connectivity index (χ0n) is 14.3. The van der Waals surface area contributed by atoms with Crippen molar-refractivity contribution in [3.8, 4) is 17.2 Å². The molecule has 1 N–H and O–H groups in total. The second-order valence-corrected chi connectivity index (χ2v) is 7.89. The lowest BCUT2D eigenvalue weighted by Crippen LogP contribution is -2.36. The quantitative estimate of drug-likeness (QED) is 0.841. The van der Waals surface area contributed by atoms with Crippen LogP contribution in [0, 0.1) is 0 Å². The smallest absolute Gasteiger partial charge is 0.240 e.